The maximum atomic E-state index is 11.1. The number of benzene rings is 2. The van der Waals surface area contributed by atoms with Gasteiger partial charge in [0.1, 0.15) is 10.1 Å². The summed E-state index contributed by atoms with van der Waals surface area (Å²) in [6.45, 7) is 0. The molecule has 0 aliphatic carbocycles. The van der Waals surface area contributed by atoms with Gasteiger partial charge in [0.15, 0.2) is 0 Å². The Balaban J connectivity index is 0.00000162. The van der Waals surface area contributed by atoms with Gasteiger partial charge < -0.3 is 4.55 Å². The fraction of sp³-hybridized carbons (Fsp3) is 0. The topological polar surface area (TPSA) is 57.2 Å². The summed E-state index contributed by atoms with van der Waals surface area (Å²) in [4.78, 5) is -0.123. The number of rotatable bonds is 3. The van der Waals surface area contributed by atoms with E-state index >= 15 is 0 Å². The van der Waals surface area contributed by atoms with Gasteiger partial charge in [0.2, 0.25) is 0 Å². The van der Waals surface area contributed by atoms with Gasteiger partial charge in [-0.15, -0.1) is 0 Å². The average molecular weight is 272 g/mol. The summed E-state index contributed by atoms with van der Waals surface area (Å²) in [6.07, 6.45) is 0. The van der Waals surface area contributed by atoms with Crippen molar-refractivity contribution in [3.8, 4) is 0 Å². The summed E-state index contributed by atoms with van der Waals surface area (Å²) in [6, 6.07) is 15.8. The van der Waals surface area contributed by atoms with Crippen molar-refractivity contribution in [2.45, 2.75) is 4.90 Å². The van der Waals surface area contributed by atoms with Gasteiger partial charge in [-0.2, -0.15) is 0 Å². The maximum Gasteiger partial charge on any atom is 1.00 e. The zero-order valence-corrected chi connectivity index (χ0v) is 11.6. The van der Waals surface area contributed by atoms with E-state index in [2.05, 4.69) is 0 Å². The van der Waals surface area contributed by atoms with Crippen LogP contribution in [0.1, 0.15) is 0 Å². The normalized spacial score (nSPS) is 11.4. The molecule has 0 bridgehead atoms. The predicted molar refractivity (Wildman–Crippen MR) is 68.4 cm³/mol. The third kappa shape index (κ3) is 3.95. The Hall–Kier alpha value is -0.623. The SMILES string of the molecule is O=S(=O)([O-])c1ccccc1Pc1ccccc1.[Li+]. The smallest absolute Gasteiger partial charge is 0.744 e. The molecule has 0 fully saturated rings. The predicted octanol–water partition coefficient (Wildman–Crippen LogP) is -1.78. The Morgan fingerprint density at radius 1 is 0.889 bits per heavy atom. The zero-order chi connectivity index (χ0) is 12.3. The molecule has 3 nitrogen and oxygen atoms in total. The van der Waals surface area contributed by atoms with Crippen LogP contribution in [0.4, 0.5) is 0 Å². The molecule has 0 aliphatic rings. The summed E-state index contributed by atoms with van der Waals surface area (Å²) in [5, 5.41) is 1.57. The van der Waals surface area contributed by atoms with Gasteiger partial charge in [0, 0.05) is 0 Å². The molecule has 0 N–H and O–H groups in total. The molecule has 88 valence electrons. The molecule has 0 amide bonds. The van der Waals surface area contributed by atoms with Gasteiger partial charge in [0.05, 0.1) is 4.90 Å². The summed E-state index contributed by atoms with van der Waals surface area (Å²) in [5.41, 5.74) is 0. The van der Waals surface area contributed by atoms with Crippen LogP contribution >= 0.6 is 8.58 Å². The van der Waals surface area contributed by atoms with Crippen LogP contribution in [0.25, 0.3) is 0 Å². The summed E-state index contributed by atoms with van der Waals surface area (Å²) in [7, 11) is -4.23. The molecule has 1 unspecified atom stereocenters. The Bertz CT molecular complexity index is 614. The maximum absolute atomic E-state index is 11.1. The number of hydrogen-bond acceptors (Lipinski definition) is 3. The van der Waals surface area contributed by atoms with Crippen LogP contribution in [0.15, 0.2) is 59.5 Å². The molecule has 2 rings (SSSR count). The second kappa shape index (κ2) is 6.52. The molecule has 0 aromatic heterocycles. The van der Waals surface area contributed by atoms with Crippen molar-refractivity contribution in [1.29, 1.82) is 0 Å². The van der Waals surface area contributed by atoms with Crippen molar-refractivity contribution in [3.63, 3.8) is 0 Å². The van der Waals surface area contributed by atoms with Crippen LogP contribution in [0.2, 0.25) is 0 Å². The molecular formula is C12H10LiO3PS. The second-order valence-corrected chi connectivity index (χ2v) is 6.16. The average Bonchev–Trinajstić information content (AvgIpc) is 2.30. The Labute approximate surface area is 120 Å². The standard InChI is InChI=1S/C12H11O3PS.Li/c13-17(14,15)12-9-5-4-8-11(12)16-10-6-2-1-3-7-10;/h1-9,16H,(H,13,14,15);/q;+1/p-1. The minimum atomic E-state index is -4.40. The van der Waals surface area contributed by atoms with Gasteiger partial charge >= 0.3 is 18.9 Å². The Kier molecular flexibility index (Phi) is 5.59. The van der Waals surface area contributed by atoms with Crippen LogP contribution in [0, 0.1) is 0 Å². The van der Waals surface area contributed by atoms with Gasteiger partial charge in [-0.1, -0.05) is 57.1 Å². The minimum Gasteiger partial charge on any atom is -0.744 e. The molecule has 2 aromatic rings. The summed E-state index contributed by atoms with van der Waals surface area (Å²) in [5.74, 6) is 0. The molecule has 0 radical (unpaired) electrons. The van der Waals surface area contributed by atoms with Crippen molar-refractivity contribution in [3.05, 3.63) is 54.6 Å². The monoisotopic (exact) mass is 272 g/mol. The van der Waals surface area contributed by atoms with Crippen LogP contribution in [-0.4, -0.2) is 13.0 Å². The first-order chi connectivity index (χ1) is 8.07. The number of hydrogen-bond donors (Lipinski definition) is 0. The molecule has 0 saturated carbocycles. The quantitative estimate of drug-likeness (QED) is 0.377. The van der Waals surface area contributed by atoms with Crippen LogP contribution in [-0.2, 0) is 10.1 Å². The molecule has 0 spiro atoms. The summed E-state index contributed by atoms with van der Waals surface area (Å²) >= 11 is 0. The van der Waals surface area contributed by atoms with Crippen LogP contribution in [0.5, 0.6) is 0 Å². The van der Waals surface area contributed by atoms with E-state index in [4.69, 9.17) is 0 Å². The molecule has 2 aromatic carbocycles. The van der Waals surface area contributed by atoms with Gasteiger partial charge in [-0.3, -0.25) is 0 Å². The third-order valence-corrected chi connectivity index (χ3v) is 4.61. The van der Waals surface area contributed by atoms with E-state index in [1.165, 1.54) is 6.07 Å². The molecule has 0 aliphatic heterocycles. The van der Waals surface area contributed by atoms with E-state index in [1.807, 2.05) is 30.3 Å². The van der Waals surface area contributed by atoms with E-state index in [1.54, 1.807) is 18.2 Å². The first-order valence-electron chi connectivity index (χ1n) is 4.94. The van der Waals surface area contributed by atoms with Gasteiger partial charge in [-0.25, -0.2) is 8.42 Å². The second-order valence-electron chi connectivity index (χ2n) is 3.44. The first kappa shape index (κ1) is 15.4. The third-order valence-electron chi connectivity index (χ3n) is 2.21. The molecule has 0 heterocycles. The van der Waals surface area contributed by atoms with E-state index in [0.717, 1.165) is 5.30 Å². The van der Waals surface area contributed by atoms with Gasteiger partial charge in [-0.05, 0) is 16.7 Å². The molecule has 18 heavy (non-hydrogen) atoms. The van der Waals surface area contributed by atoms with Crippen molar-refractivity contribution < 1.29 is 31.8 Å². The van der Waals surface area contributed by atoms with E-state index in [9.17, 15) is 13.0 Å². The minimum absolute atomic E-state index is 0. The van der Waals surface area contributed by atoms with E-state index in [0.29, 0.717) is 5.30 Å². The fourth-order valence-corrected chi connectivity index (χ4v) is 3.63. The Morgan fingerprint density at radius 3 is 2.06 bits per heavy atom. The van der Waals surface area contributed by atoms with Crippen molar-refractivity contribution in [2.75, 3.05) is 0 Å². The van der Waals surface area contributed by atoms with E-state index in [-0.39, 0.29) is 32.3 Å². The zero-order valence-electron chi connectivity index (χ0n) is 9.83. The fourth-order valence-electron chi connectivity index (χ4n) is 1.46. The van der Waals surface area contributed by atoms with Crippen molar-refractivity contribution in [1.82, 2.24) is 0 Å². The van der Waals surface area contributed by atoms with Crippen LogP contribution in [0.3, 0.4) is 0 Å². The molecule has 1 atom stereocenters. The molecule has 6 heteroatoms. The van der Waals surface area contributed by atoms with Crippen molar-refractivity contribution >= 4 is 29.3 Å². The molecular weight excluding hydrogens is 262 g/mol. The van der Waals surface area contributed by atoms with Crippen molar-refractivity contribution in [2.24, 2.45) is 0 Å². The molecule has 0 saturated heterocycles. The largest absolute Gasteiger partial charge is 1.00 e. The van der Waals surface area contributed by atoms with E-state index < -0.39 is 10.1 Å². The van der Waals surface area contributed by atoms with Gasteiger partial charge in [0.25, 0.3) is 0 Å². The van der Waals surface area contributed by atoms with Crippen LogP contribution < -0.4 is 29.5 Å². The Morgan fingerprint density at radius 2 is 1.44 bits per heavy atom. The summed E-state index contributed by atoms with van der Waals surface area (Å²) < 4.78 is 33.3. The first-order valence-corrected chi connectivity index (χ1v) is 7.35.